The molecule has 0 unspecified atom stereocenters. The first-order chi connectivity index (χ1) is 13.1. The highest BCUT2D eigenvalue weighted by Crippen LogP contribution is 2.21. The molecule has 1 aliphatic heterocycles. The van der Waals surface area contributed by atoms with Crippen molar-refractivity contribution in [2.75, 3.05) is 33.4 Å². The molecule has 2 aromatic carbocycles. The Morgan fingerprint density at radius 3 is 2.74 bits per heavy atom. The van der Waals surface area contributed by atoms with E-state index in [9.17, 15) is 14.0 Å². The summed E-state index contributed by atoms with van der Waals surface area (Å²) in [5.41, 5.74) is 2.24. The summed E-state index contributed by atoms with van der Waals surface area (Å²) in [6.07, 6.45) is 0.444. The largest absolute Gasteiger partial charge is 0.383 e. The van der Waals surface area contributed by atoms with E-state index in [1.807, 2.05) is 6.07 Å². The number of carbonyl (C=O) groups is 2. The molecule has 1 N–H and O–H groups in total. The van der Waals surface area contributed by atoms with Gasteiger partial charge in [0.1, 0.15) is 5.82 Å². The van der Waals surface area contributed by atoms with Crippen LogP contribution in [0.3, 0.4) is 0 Å². The molecule has 5 nitrogen and oxygen atoms in total. The zero-order valence-electron chi connectivity index (χ0n) is 15.3. The summed E-state index contributed by atoms with van der Waals surface area (Å²) in [5, 5.41) is 2.92. The van der Waals surface area contributed by atoms with E-state index in [1.165, 1.54) is 12.1 Å². The molecule has 2 aromatic rings. The second kappa shape index (κ2) is 8.77. The molecule has 1 fully saturated rings. The van der Waals surface area contributed by atoms with Gasteiger partial charge in [0, 0.05) is 44.6 Å². The third-order valence-corrected chi connectivity index (χ3v) is 4.71. The Balaban J connectivity index is 1.58. The lowest BCUT2D eigenvalue weighted by atomic mass is 10.0. The molecule has 0 aliphatic carbocycles. The number of amides is 2. The first-order valence-electron chi connectivity index (χ1n) is 8.97. The Labute approximate surface area is 158 Å². The van der Waals surface area contributed by atoms with E-state index >= 15 is 0 Å². The van der Waals surface area contributed by atoms with Crippen molar-refractivity contribution in [3.8, 4) is 11.1 Å². The number of rotatable bonds is 7. The van der Waals surface area contributed by atoms with Crippen LogP contribution in [0.4, 0.5) is 4.39 Å². The van der Waals surface area contributed by atoms with Gasteiger partial charge in [0.05, 0.1) is 6.61 Å². The van der Waals surface area contributed by atoms with Crippen molar-refractivity contribution in [1.82, 2.24) is 10.2 Å². The van der Waals surface area contributed by atoms with Gasteiger partial charge in [-0.2, -0.15) is 0 Å². The van der Waals surface area contributed by atoms with Crippen LogP contribution in [0.1, 0.15) is 16.8 Å². The van der Waals surface area contributed by atoms with E-state index in [4.69, 9.17) is 4.74 Å². The Hall–Kier alpha value is -2.73. The van der Waals surface area contributed by atoms with Crippen molar-refractivity contribution in [2.45, 2.75) is 6.42 Å². The number of ether oxygens (including phenoxy) is 1. The molecule has 0 radical (unpaired) electrons. The first-order valence-corrected chi connectivity index (χ1v) is 8.97. The Bertz CT molecular complexity index is 807. The molecule has 0 spiro atoms. The number of hydrogen-bond acceptors (Lipinski definition) is 3. The summed E-state index contributed by atoms with van der Waals surface area (Å²) in [6, 6.07) is 13.4. The second-order valence-corrected chi connectivity index (χ2v) is 6.70. The molecule has 0 saturated carbocycles. The maximum atomic E-state index is 13.1. The van der Waals surface area contributed by atoms with Gasteiger partial charge in [-0.05, 0) is 35.4 Å². The van der Waals surface area contributed by atoms with Crippen molar-refractivity contribution in [2.24, 2.45) is 5.92 Å². The predicted octanol–water partition coefficient (Wildman–Crippen LogP) is 2.72. The molecular formula is C21H23FN2O3. The maximum absolute atomic E-state index is 13.1. The molecular weight excluding hydrogens is 347 g/mol. The fourth-order valence-electron chi connectivity index (χ4n) is 3.23. The number of hydrogen-bond donors (Lipinski definition) is 1. The summed E-state index contributed by atoms with van der Waals surface area (Å²) >= 11 is 0. The number of methoxy groups -OCH3 is 1. The molecule has 0 bridgehead atoms. The molecule has 6 heteroatoms. The van der Waals surface area contributed by atoms with Crippen LogP contribution in [-0.4, -0.2) is 50.1 Å². The summed E-state index contributed by atoms with van der Waals surface area (Å²) < 4.78 is 18.1. The maximum Gasteiger partial charge on any atom is 0.251 e. The van der Waals surface area contributed by atoms with E-state index in [-0.39, 0.29) is 23.5 Å². The van der Waals surface area contributed by atoms with Crippen molar-refractivity contribution in [3.63, 3.8) is 0 Å². The molecule has 1 aliphatic rings. The standard InChI is InChI=1S/C21H23FN2O3/c1-27-10-9-24-14-15(11-20(24)25)13-23-21(26)18-4-2-3-17(12-18)16-5-7-19(22)8-6-16/h2-8,12,15H,9-11,13-14H2,1H3,(H,23,26)/t15-/m1/s1. The monoisotopic (exact) mass is 370 g/mol. The van der Waals surface area contributed by atoms with Gasteiger partial charge in [-0.15, -0.1) is 0 Å². The summed E-state index contributed by atoms with van der Waals surface area (Å²) in [6.45, 7) is 2.19. The van der Waals surface area contributed by atoms with Crippen LogP contribution in [0.5, 0.6) is 0 Å². The zero-order valence-corrected chi connectivity index (χ0v) is 15.3. The van der Waals surface area contributed by atoms with Crippen molar-refractivity contribution >= 4 is 11.8 Å². The molecule has 27 heavy (non-hydrogen) atoms. The number of carbonyl (C=O) groups excluding carboxylic acids is 2. The van der Waals surface area contributed by atoms with E-state index < -0.39 is 0 Å². The lowest BCUT2D eigenvalue weighted by Crippen LogP contribution is -2.32. The van der Waals surface area contributed by atoms with Crippen LogP contribution in [0.15, 0.2) is 48.5 Å². The van der Waals surface area contributed by atoms with Crippen LogP contribution < -0.4 is 5.32 Å². The number of halogens is 1. The van der Waals surface area contributed by atoms with E-state index in [0.717, 1.165) is 11.1 Å². The van der Waals surface area contributed by atoms with Gasteiger partial charge < -0.3 is 15.0 Å². The van der Waals surface area contributed by atoms with Crippen LogP contribution in [0, 0.1) is 11.7 Å². The lowest BCUT2D eigenvalue weighted by molar-refractivity contribution is -0.128. The Morgan fingerprint density at radius 2 is 2.00 bits per heavy atom. The van der Waals surface area contributed by atoms with Gasteiger partial charge in [0.2, 0.25) is 5.91 Å². The molecule has 0 aromatic heterocycles. The lowest BCUT2D eigenvalue weighted by Gasteiger charge is -2.16. The molecule has 1 heterocycles. The van der Waals surface area contributed by atoms with Crippen molar-refractivity contribution < 1.29 is 18.7 Å². The SMILES string of the molecule is COCCN1C[C@@H](CNC(=O)c2cccc(-c3ccc(F)cc3)c2)CC1=O. The summed E-state index contributed by atoms with van der Waals surface area (Å²) in [4.78, 5) is 26.2. The fraction of sp³-hybridized carbons (Fsp3) is 0.333. The molecule has 2 amide bonds. The van der Waals surface area contributed by atoms with Crippen LogP contribution in [0.2, 0.25) is 0 Å². The van der Waals surface area contributed by atoms with Gasteiger partial charge in [0.25, 0.3) is 5.91 Å². The van der Waals surface area contributed by atoms with Gasteiger partial charge in [-0.1, -0.05) is 24.3 Å². The summed E-state index contributed by atoms with van der Waals surface area (Å²) in [7, 11) is 1.61. The Kier molecular flexibility index (Phi) is 6.19. The molecule has 3 rings (SSSR count). The quantitative estimate of drug-likeness (QED) is 0.815. The van der Waals surface area contributed by atoms with Gasteiger partial charge in [-0.25, -0.2) is 4.39 Å². The van der Waals surface area contributed by atoms with Crippen molar-refractivity contribution in [3.05, 3.63) is 59.9 Å². The van der Waals surface area contributed by atoms with Crippen molar-refractivity contribution in [1.29, 1.82) is 0 Å². The minimum atomic E-state index is -0.293. The second-order valence-electron chi connectivity index (χ2n) is 6.70. The zero-order chi connectivity index (χ0) is 19.2. The highest BCUT2D eigenvalue weighted by Gasteiger charge is 2.29. The van der Waals surface area contributed by atoms with Gasteiger partial charge >= 0.3 is 0 Å². The third-order valence-electron chi connectivity index (χ3n) is 4.71. The minimum Gasteiger partial charge on any atom is -0.383 e. The van der Waals surface area contributed by atoms with Crippen LogP contribution >= 0.6 is 0 Å². The predicted molar refractivity (Wildman–Crippen MR) is 101 cm³/mol. The summed E-state index contributed by atoms with van der Waals surface area (Å²) in [5.74, 6) is -0.261. The van der Waals surface area contributed by atoms with E-state index in [1.54, 1.807) is 42.3 Å². The van der Waals surface area contributed by atoms with E-state index in [0.29, 0.717) is 38.2 Å². The number of benzene rings is 2. The molecule has 1 atom stereocenters. The molecule has 1 saturated heterocycles. The highest BCUT2D eigenvalue weighted by molar-refractivity contribution is 5.95. The van der Waals surface area contributed by atoms with Gasteiger partial charge in [0.15, 0.2) is 0 Å². The smallest absolute Gasteiger partial charge is 0.251 e. The highest BCUT2D eigenvalue weighted by atomic mass is 19.1. The third kappa shape index (κ3) is 4.92. The van der Waals surface area contributed by atoms with Crippen LogP contribution in [-0.2, 0) is 9.53 Å². The molecule has 142 valence electrons. The number of nitrogens with zero attached hydrogens (tertiary/aromatic N) is 1. The topological polar surface area (TPSA) is 58.6 Å². The average Bonchev–Trinajstić information content (AvgIpc) is 3.04. The van der Waals surface area contributed by atoms with Crippen LogP contribution in [0.25, 0.3) is 11.1 Å². The average molecular weight is 370 g/mol. The van der Waals surface area contributed by atoms with Gasteiger partial charge in [-0.3, -0.25) is 9.59 Å². The minimum absolute atomic E-state index is 0.101. The van der Waals surface area contributed by atoms with E-state index in [2.05, 4.69) is 5.32 Å². The number of nitrogens with one attached hydrogen (secondary N) is 1. The normalized spacial score (nSPS) is 16.6. The number of likely N-dealkylation sites (tertiary alicyclic amines) is 1. The fourth-order valence-corrected chi connectivity index (χ4v) is 3.23. The first kappa shape index (κ1) is 19.0. The Morgan fingerprint density at radius 1 is 1.22 bits per heavy atom.